The topological polar surface area (TPSA) is 27.7 Å². The van der Waals surface area contributed by atoms with E-state index in [9.17, 15) is 0 Å². The van der Waals surface area contributed by atoms with E-state index in [1.165, 1.54) is 11.1 Å². The molecule has 0 fully saturated rings. The molecule has 1 heterocycles. The summed E-state index contributed by atoms with van der Waals surface area (Å²) in [5.74, 6) is 1.53. The van der Waals surface area contributed by atoms with E-state index in [1.807, 2.05) is 6.07 Å². The predicted molar refractivity (Wildman–Crippen MR) is 79.7 cm³/mol. The molecule has 0 saturated heterocycles. The van der Waals surface area contributed by atoms with Crippen LogP contribution in [0.3, 0.4) is 0 Å². The third-order valence-corrected chi connectivity index (χ3v) is 4.11. The normalized spacial score (nSPS) is 22.5. The first-order chi connectivity index (χ1) is 8.90. The maximum atomic E-state index is 6.01. The van der Waals surface area contributed by atoms with Crippen molar-refractivity contribution in [2.45, 2.75) is 37.1 Å². The number of halogens is 1. The molecule has 0 spiro atoms. The molecule has 3 nitrogen and oxygen atoms in total. The fourth-order valence-electron chi connectivity index (χ4n) is 2.56. The van der Waals surface area contributed by atoms with Gasteiger partial charge in [0.05, 0.1) is 26.9 Å². The van der Waals surface area contributed by atoms with Crippen molar-refractivity contribution in [2.75, 3.05) is 20.8 Å². The molecule has 0 N–H and O–H groups in total. The van der Waals surface area contributed by atoms with Crippen LogP contribution in [-0.4, -0.2) is 25.7 Å². The molecule has 1 aliphatic heterocycles. The zero-order valence-electron chi connectivity index (χ0n) is 12.1. The fourth-order valence-corrected chi connectivity index (χ4v) is 3.00. The quantitative estimate of drug-likeness (QED) is 0.789. The molecular weight excluding hydrogens is 308 g/mol. The van der Waals surface area contributed by atoms with Crippen molar-refractivity contribution >= 4 is 15.9 Å². The van der Waals surface area contributed by atoms with Gasteiger partial charge in [-0.1, -0.05) is 29.8 Å². The first kappa shape index (κ1) is 14.7. The Kier molecular flexibility index (Phi) is 4.11. The summed E-state index contributed by atoms with van der Waals surface area (Å²) in [5.41, 5.74) is 2.43. The van der Waals surface area contributed by atoms with Crippen molar-refractivity contribution in [2.24, 2.45) is 0 Å². The lowest BCUT2D eigenvalue weighted by atomic mass is 9.78. The molecule has 0 saturated carbocycles. The highest BCUT2D eigenvalue weighted by Crippen LogP contribution is 2.45. The van der Waals surface area contributed by atoms with Gasteiger partial charge < -0.3 is 14.2 Å². The lowest BCUT2D eigenvalue weighted by Crippen LogP contribution is -2.35. The summed E-state index contributed by atoms with van der Waals surface area (Å²) in [4.78, 5) is 0.250. The predicted octanol–water partition coefficient (Wildman–Crippen LogP) is 3.84. The van der Waals surface area contributed by atoms with Crippen LogP contribution < -0.4 is 9.47 Å². The molecular formula is C15H21BrO3. The first-order valence-electron chi connectivity index (χ1n) is 6.42. The molecule has 19 heavy (non-hydrogen) atoms. The van der Waals surface area contributed by atoms with Crippen LogP contribution in [0.1, 0.15) is 38.0 Å². The Morgan fingerprint density at radius 2 is 1.84 bits per heavy atom. The van der Waals surface area contributed by atoms with Crippen LogP contribution in [0.25, 0.3) is 0 Å². The second-order valence-electron chi connectivity index (χ2n) is 5.59. The Hall–Kier alpha value is -0.740. The van der Waals surface area contributed by atoms with Crippen molar-refractivity contribution in [3.8, 4) is 11.5 Å². The first-order valence-corrected chi connectivity index (χ1v) is 7.34. The number of hydrogen-bond acceptors (Lipinski definition) is 3. The number of benzene rings is 1. The summed E-state index contributed by atoms with van der Waals surface area (Å²) in [5, 5.41) is 0. The number of alkyl halides is 1. The monoisotopic (exact) mass is 328 g/mol. The van der Waals surface area contributed by atoms with Crippen molar-refractivity contribution in [3.63, 3.8) is 0 Å². The third kappa shape index (κ3) is 2.61. The molecule has 1 aromatic carbocycles. The van der Waals surface area contributed by atoms with E-state index in [2.05, 4.69) is 42.8 Å². The van der Waals surface area contributed by atoms with Crippen LogP contribution in [0.15, 0.2) is 12.1 Å². The minimum absolute atomic E-state index is 0.0206. The summed E-state index contributed by atoms with van der Waals surface area (Å²) in [7, 11) is 3.33. The number of fused-ring (bicyclic) bond motifs is 1. The Morgan fingerprint density at radius 3 is 2.37 bits per heavy atom. The van der Waals surface area contributed by atoms with Crippen LogP contribution in [0.4, 0.5) is 0 Å². The highest BCUT2D eigenvalue weighted by atomic mass is 79.9. The van der Waals surface area contributed by atoms with E-state index in [0.29, 0.717) is 6.61 Å². The van der Waals surface area contributed by atoms with Gasteiger partial charge in [-0.25, -0.2) is 0 Å². The van der Waals surface area contributed by atoms with Crippen molar-refractivity contribution in [1.29, 1.82) is 0 Å². The molecule has 0 aromatic heterocycles. The number of ether oxygens (including phenoxy) is 3. The molecule has 0 bridgehead atoms. The van der Waals surface area contributed by atoms with Gasteiger partial charge in [0.2, 0.25) is 0 Å². The second-order valence-corrected chi connectivity index (χ2v) is 7.03. The van der Waals surface area contributed by atoms with Gasteiger partial charge in [-0.2, -0.15) is 0 Å². The number of hydrogen-bond donors (Lipinski definition) is 0. The molecule has 106 valence electrons. The zero-order chi connectivity index (χ0) is 14.2. The van der Waals surface area contributed by atoms with Crippen LogP contribution in [0.2, 0.25) is 0 Å². The largest absolute Gasteiger partial charge is 0.493 e. The average Bonchev–Trinajstić information content (AvgIpc) is 2.36. The lowest BCUT2D eigenvalue weighted by Gasteiger charge is -2.38. The molecule has 0 amide bonds. The highest BCUT2D eigenvalue weighted by Gasteiger charge is 2.36. The van der Waals surface area contributed by atoms with E-state index >= 15 is 0 Å². The molecule has 2 unspecified atom stereocenters. The summed E-state index contributed by atoms with van der Waals surface area (Å²) < 4.78 is 16.8. The fraction of sp³-hybridized carbons (Fsp3) is 0.600. The van der Waals surface area contributed by atoms with E-state index < -0.39 is 0 Å². The molecule has 0 radical (unpaired) electrons. The molecule has 1 aromatic rings. The molecule has 1 aliphatic rings. The van der Waals surface area contributed by atoms with Gasteiger partial charge in [-0.15, -0.1) is 0 Å². The maximum absolute atomic E-state index is 6.01. The van der Waals surface area contributed by atoms with Crippen LogP contribution in [-0.2, 0) is 10.2 Å². The van der Waals surface area contributed by atoms with Crippen LogP contribution in [0.5, 0.6) is 11.5 Å². The van der Waals surface area contributed by atoms with Gasteiger partial charge >= 0.3 is 0 Å². The third-order valence-electron chi connectivity index (χ3n) is 3.63. The Bertz CT molecular complexity index is 469. The van der Waals surface area contributed by atoms with Gasteiger partial charge in [0.15, 0.2) is 11.5 Å². The van der Waals surface area contributed by atoms with Crippen molar-refractivity contribution in [3.05, 3.63) is 23.3 Å². The lowest BCUT2D eigenvalue weighted by molar-refractivity contribution is 0.00875. The minimum atomic E-state index is -0.0206. The molecule has 2 atom stereocenters. The van der Waals surface area contributed by atoms with Crippen molar-refractivity contribution in [1.82, 2.24) is 0 Å². The van der Waals surface area contributed by atoms with Gasteiger partial charge in [-0.05, 0) is 30.2 Å². The van der Waals surface area contributed by atoms with Crippen LogP contribution >= 0.6 is 15.9 Å². The highest BCUT2D eigenvalue weighted by molar-refractivity contribution is 9.09. The minimum Gasteiger partial charge on any atom is -0.493 e. The van der Waals surface area contributed by atoms with Crippen LogP contribution in [0, 0.1) is 0 Å². The van der Waals surface area contributed by atoms with Gasteiger partial charge in [0, 0.05) is 10.2 Å². The molecule has 2 rings (SSSR count). The van der Waals surface area contributed by atoms with Crippen molar-refractivity contribution < 1.29 is 14.2 Å². The van der Waals surface area contributed by atoms with E-state index in [-0.39, 0.29) is 16.3 Å². The van der Waals surface area contributed by atoms with Gasteiger partial charge in [-0.3, -0.25) is 0 Å². The SMILES string of the molecule is COc1cc2c(cc1OC)C(C)(C)COC2C(C)Br. The smallest absolute Gasteiger partial charge is 0.161 e. The zero-order valence-corrected chi connectivity index (χ0v) is 13.7. The number of rotatable bonds is 3. The summed E-state index contributed by atoms with van der Waals surface area (Å²) in [6, 6.07) is 4.12. The van der Waals surface area contributed by atoms with E-state index in [0.717, 1.165) is 11.5 Å². The number of methoxy groups -OCH3 is 2. The Balaban J connectivity index is 2.61. The summed E-state index contributed by atoms with van der Waals surface area (Å²) in [6.45, 7) is 7.18. The van der Waals surface area contributed by atoms with E-state index in [4.69, 9.17) is 14.2 Å². The summed E-state index contributed by atoms with van der Waals surface area (Å²) >= 11 is 3.63. The van der Waals surface area contributed by atoms with E-state index in [1.54, 1.807) is 14.2 Å². The maximum Gasteiger partial charge on any atom is 0.161 e. The standard InChI is InChI=1S/C15H21BrO3/c1-9(16)14-10-6-12(17-4)13(18-5)7-11(10)15(2,3)8-19-14/h6-7,9,14H,8H2,1-5H3. The van der Waals surface area contributed by atoms with Gasteiger partial charge in [0.1, 0.15) is 0 Å². The Labute approximate surface area is 123 Å². The molecule has 4 heteroatoms. The summed E-state index contributed by atoms with van der Waals surface area (Å²) in [6.07, 6.45) is 0.0443. The average molecular weight is 329 g/mol. The van der Waals surface area contributed by atoms with Gasteiger partial charge in [0.25, 0.3) is 0 Å². The Morgan fingerprint density at radius 1 is 1.26 bits per heavy atom. The second kappa shape index (κ2) is 5.33. The molecule has 0 aliphatic carbocycles.